The van der Waals surface area contributed by atoms with Crippen LogP contribution in [0.5, 0.6) is 0 Å². The maximum atomic E-state index is 12.1. The van der Waals surface area contributed by atoms with Crippen LogP contribution < -0.4 is 5.56 Å². The molecular formula is C14H11Br2NO3. The number of rotatable bonds is 3. The molecule has 104 valence electrons. The molecule has 0 bridgehead atoms. The number of carbonyl (C=O) groups excluding carboxylic acids is 1. The van der Waals surface area contributed by atoms with Crippen molar-refractivity contribution in [3.05, 3.63) is 56.4 Å². The van der Waals surface area contributed by atoms with Crippen molar-refractivity contribution in [3.63, 3.8) is 0 Å². The average molecular weight is 401 g/mol. The van der Waals surface area contributed by atoms with Gasteiger partial charge in [0.2, 0.25) is 0 Å². The third kappa shape index (κ3) is 2.71. The van der Waals surface area contributed by atoms with E-state index in [1.54, 1.807) is 0 Å². The predicted octanol–water partition coefficient (Wildman–Crippen LogP) is 3.49. The van der Waals surface area contributed by atoms with Gasteiger partial charge < -0.3 is 9.72 Å². The number of hydrogen-bond acceptors (Lipinski definition) is 3. The first-order valence-electron chi connectivity index (χ1n) is 5.74. The molecule has 0 saturated heterocycles. The number of halogens is 2. The van der Waals surface area contributed by atoms with Crippen molar-refractivity contribution in [3.8, 4) is 11.1 Å². The van der Waals surface area contributed by atoms with Crippen molar-refractivity contribution >= 4 is 37.8 Å². The summed E-state index contributed by atoms with van der Waals surface area (Å²) < 4.78 is 5.15. The van der Waals surface area contributed by atoms with E-state index in [4.69, 9.17) is 4.74 Å². The number of benzene rings is 1. The molecule has 1 heterocycles. The van der Waals surface area contributed by atoms with Crippen LogP contribution >= 0.6 is 31.9 Å². The van der Waals surface area contributed by atoms with Gasteiger partial charge in [0.15, 0.2) is 0 Å². The molecule has 2 aromatic rings. The summed E-state index contributed by atoms with van der Waals surface area (Å²) in [6.07, 6.45) is 0. The Bertz CT molecular complexity index is 696. The summed E-state index contributed by atoms with van der Waals surface area (Å²) in [5, 5.41) is 0.347. The first-order valence-corrected chi connectivity index (χ1v) is 7.66. The SMILES string of the molecule is COC(=O)c1c(CBr)[nH]c(=O)c(Br)c1-c1ccccc1. The fourth-order valence-electron chi connectivity index (χ4n) is 1.93. The largest absolute Gasteiger partial charge is 0.465 e. The minimum absolute atomic E-state index is 0.286. The van der Waals surface area contributed by atoms with E-state index in [1.165, 1.54) is 7.11 Å². The number of ether oxygens (including phenoxy) is 1. The quantitative estimate of drug-likeness (QED) is 0.633. The molecule has 0 saturated carbocycles. The standard InChI is InChI=1S/C14H11Br2NO3/c1-20-14(19)11-9(7-15)17-13(18)12(16)10(11)8-5-3-2-4-6-8/h2-6H,7H2,1H3,(H,17,18). The second-order valence-corrected chi connectivity index (χ2v) is 5.34. The van der Waals surface area contributed by atoms with E-state index in [-0.39, 0.29) is 5.56 Å². The Morgan fingerprint density at radius 2 is 1.95 bits per heavy atom. The van der Waals surface area contributed by atoms with Crippen molar-refractivity contribution in [1.82, 2.24) is 4.98 Å². The Morgan fingerprint density at radius 3 is 2.50 bits per heavy atom. The van der Waals surface area contributed by atoms with Gasteiger partial charge in [0.05, 0.1) is 17.1 Å². The Labute approximate surface area is 132 Å². The van der Waals surface area contributed by atoms with E-state index >= 15 is 0 Å². The lowest BCUT2D eigenvalue weighted by Gasteiger charge is -2.13. The first-order chi connectivity index (χ1) is 9.60. The van der Waals surface area contributed by atoms with E-state index in [2.05, 4.69) is 36.8 Å². The van der Waals surface area contributed by atoms with Gasteiger partial charge in [-0.05, 0) is 21.5 Å². The van der Waals surface area contributed by atoms with E-state index < -0.39 is 5.97 Å². The predicted molar refractivity (Wildman–Crippen MR) is 84.2 cm³/mol. The molecule has 0 atom stereocenters. The minimum atomic E-state index is -0.491. The molecule has 4 nitrogen and oxygen atoms in total. The van der Waals surface area contributed by atoms with E-state index in [0.717, 1.165) is 5.56 Å². The van der Waals surface area contributed by atoms with E-state index in [1.807, 2.05) is 30.3 Å². The number of alkyl halides is 1. The highest BCUT2D eigenvalue weighted by Crippen LogP contribution is 2.31. The molecule has 1 N–H and O–H groups in total. The average Bonchev–Trinajstić information content (AvgIpc) is 2.49. The lowest BCUT2D eigenvalue weighted by atomic mass is 9.99. The molecule has 6 heteroatoms. The second kappa shape index (κ2) is 6.37. The summed E-state index contributed by atoms with van der Waals surface area (Å²) >= 11 is 6.54. The molecule has 0 aliphatic rings. The number of esters is 1. The van der Waals surface area contributed by atoms with Gasteiger partial charge in [0, 0.05) is 16.6 Å². The van der Waals surface area contributed by atoms with Crippen molar-refractivity contribution in [1.29, 1.82) is 0 Å². The molecule has 0 unspecified atom stereocenters. The number of aromatic amines is 1. The van der Waals surface area contributed by atoms with Gasteiger partial charge >= 0.3 is 5.97 Å². The Morgan fingerprint density at radius 1 is 1.30 bits per heavy atom. The summed E-state index contributed by atoms with van der Waals surface area (Å²) in [5.41, 5.74) is 1.86. The zero-order chi connectivity index (χ0) is 14.7. The Kier molecular flexibility index (Phi) is 4.77. The molecule has 0 aliphatic carbocycles. The van der Waals surface area contributed by atoms with Gasteiger partial charge in [-0.15, -0.1) is 0 Å². The summed E-state index contributed by atoms with van der Waals surface area (Å²) in [6.45, 7) is 0. The summed E-state index contributed by atoms with van der Waals surface area (Å²) in [7, 11) is 1.31. The molecule has 0 amide bonds. The zero-order valence-corrected chi connectivity index (χ0v) is 13.7. The fourth-order valence-corrected chi connectivity index (χ4v) is 2.88. The maximum Gasteiger partial charge on any atom is 0.340 e. The van der Waals surface area contributed by atoms with Crippen LogP contribution in [0.3, 0.4) is 0 Å². The van der Waals surface area contributed by atoms with Crippen LogP contribution in [0.25, 0.3) is 11.1 Å². The molecule has 0 aliphatic heterocycles. The number of pyridine rings is 1. The number of hydrogen-bond donors (Lipinski definition) is 1. The van der Waals surface area contributed by atoms with Gasteiger partial charge in [-0.1, -0.05) is 46.3 Å². The van der Waals surface area contributed by atoms with Gasteiger partial charge in [0.1, 0.15) is 0 Å². The normalized spacial score (nSPS) is 10.3. The smallest absolute Gasteiger partial charge is 0.340 e. The van der Waals surface area contributed by atoms with Gasteiger partial charge in [-0.25, -0.2) is 4.79 Å². The molecule has 0 radical (unpaired) electrons. The third-order valence-corrected chi connectivity index (χ3v) is 4.14. The van der Waals surface area contributed by atoms with E-state index in [9.17, 15) is 9.59 Å². The number of methoxy groups -OCH3 is 1. The summed E-state index contributed by atoms with van der Waals surface area (Å²) in [6, 6.07) is 9.23. The van der Waals surface area contributed by atoms with Crippen LogP contribution in [-0.2, 0) is 10.1 Å². The number of nitrogens with one attached hydrogen (secondary N) is 1. The van der Waals surface area contributed by atoms with Crippen LogP contribution in [-0.4, -0.2) is 18.1 Å². The summed E-state index contributed by atoms with van der Waals surface area (Å²) in [5.74, 6) is -0.491. The van der Waals surface area contributed by atoms with Crippen LogP contribution in [0.4, 0.5) is 0 Å². The fraction of sp³-hybridized carbons (Fsp3) is 0.143. The summed E-state index contributed by atoms with van der Waals surface area (Å²) in [4.78, 5) is 26.7. The number of H-pyrrole nitrogens is 1. The molecule has 20 heavy (non-hydrogen) atoms. The lowest BCUT2D eigenvalue weighted by molar-refractivity contribution is 0.0600. The second-order valence-electron chi connectivity index (χ2n) is 3.99. The minimum Gasteiger partial charge on any atom is -0.465 e. The van der Waals surface area contributed by atoms with Gasteiger partial charge in [0.25, 0.3) is 5.56 Å². The third-order valence-electron chi connectivity index (χ3n) is 2.82. The lowest BCUT2D eigenvalue weighted by Crippen LogP contribution is -2.18. The van der Waals surface area contributed by atoms with Crippen molar-refractivity contribution in [2.24, 2.45) is 0 Å². The monoisotopic (exact) mass is 399 g/mol. The highest BCUT2D eigenvalue weighted by atomic mass is 79.9. The van der Waals surface area contributed by atoms with Crippen molar-refractivity contribution in [2.75, 3.05) is 7.11 Å². The topological polar surface area (TPSA) is 59.2 Å². The van der Waals surface area contributed by atoms with Crippen molar-refractivity contribution < 1.29 is 9.53 Å². The maximum absolute atomic E-state index is 12.1. The first kappa shape index (κ1) is 15.0. The number of aromatic nitrogens is 1. The van der Waals surface area contributed by atoms with Crippen LogP contribution in [0.2, 0.25) is 0 Å². The molecule has 1 aromatic carbocycles. The molecule has 2 rings (SSSR count). The Hall–Kier alpha value is -1.40. The van der Waals surface area contributed by atoms with E-state index in [0.29, 0.717) is 26.6 Å². The molecule has 0 spiro atoms. The van der Waals surface area contributed by atoms with Crippen molar-refractivity contribution in [2.45, 2.75) is 5.33 Å². The Balaban J connectivity index is 2.86. The number of carbonyl (C=O) groups is 1. The van der Waals surface area contributed by atoms with Crippen LogP contribution in [0, 0.1) is 0 Å². The highest BCUT2D eigenvalue weighted by Gasteiger charge is 2.22. The van der Waals surface area contributed by atoms with Crippen LogP contribution in [0.15, 0.2) is 39.6 Å². The molecule has 0 fully saturated rings. The van der Waals surface area contributed by atoms with Crippen LogP contribution in [0.1, 0.15) is 16.1 Å². The highest BCUT2D eigenvalue weighted by molar-refractivity contribution is 9.10. The zero-order valence-electron chi connectivity index (χ0n) is 10.6. The van der Waals surface area contributed by atoms with Gasteiger partial charge in [-0.2, -0.15) is 0 Å². The molecule has 1 aromatic heterocycles. The van der Waals surface area contributed by atoms with Gasteiger partial charge in [-0.3, -0.25) is 4.79 Å². The molecular weight excluding hydrogens is 390 g/mol.